The maximum absolute atomic E-state index is 12.6. The molecule has 4 aromatic rings. The van der Waals surface area contributed by atoms with Crippen molar-refractivity contribution in [3.63, 3.8) is 0 Å². The first kappa shape index (κ1) is 20.4. The van der Waals surface area contributed by atoms with Crippen molar-refractivity contribution in [2.45, 2.75) is 26.2 Å². The van der Waals surface area contributed by atoms with Crippen molar-refractivity contribution in [2.75, 3.05) is 18.0 Å². The van der Waals surface area contributed by atoms with E-state index in [-0.39, 0.29) is 10.4 Å². The van der Waals surface area contributed by atoms with E-state index in [1.807, 2.05) is 30.3 Å². The van der Waals surface area contributed by atoms with Crippen molar-refractivity contribution in [1.29, 1.82) is 0 Å². The second-order valence-electron chi connectivity index (χ2n) is 7.97. The maximum atomic E-state index is 12.6. The fraction of sp³-hybridized carbons (Fsp3) is 0.250. The van der Waals surface area contributed by atoms with Crippen LogP contribution in [0, 0.1) is 6.92 Å². The van der Waals surface area contributed by atoms with Crippen molar-refractivity contribution in [2.24, 2.45) is 0 Å². The largest absolute Gasteiger partial charge is 0.477 e. The molecule has 0 saturated carbocycles. The molecule has 4 heterocycles. The second kappa shape index (κ2) is 8.20. The zero-order chi connectivity index (χ0) is 22.2. The number of pyridine rings is 1. The summed E-state index contributed by atoms with van der Waals surface area (Å²) in [5, 5.41) is 10.7. The average Bonchev–Trinajstić information content (AvgIpc) is 3.14. The number of aromatic carboxylic acids is 1. The summed E-state index contributed by atoms with van der Waals surface area (Å²) in [6, 6.07) is 10.1. The number of aryl methyl sites for hydroxylation is 1. The Labute approximate surface area is 188 Å². The minimum Gasteiger partial charge on any atom is -0.477 e. The van der Waals surface area contributed by atoms with Crippen molar-refractivity contribution in [1.82, 2.24) is 15.0 Å². The van der Waals surface area contributed by atoms with Crippen molar-refractivity contribution in [3.8, 4) is 0 Å². The van der Waals surface area contributed by atoms with Crippen LogP contribution in [0.2, 0.25) is 0 Å². The smallest absolute Gasteiger partial charge is 0.346 e. The van der Waals surface area contributed by atoms with Gasteiger partial charge in [-0.25, -0.2) is 14.8 Å². The maximum Gasteiger partial charge on any atom is 0.346 e. The Morgan fingerprint density at radius 3 is 2.72 bits per heavy atom. The monoisotopic (exact) mass is 446 g/mol. The van der Waals surface area contributed by atoms with Crippen LogP contribution in [0.3, 0.4) is 0 Å². The van der Waals surface area contributed by atoms with E-state index in [0.717, 1.165) is 59.6 Å². The van der Waals surface area contributed by atoms with Gasteiger partial charge >= 0.3 is 5.97 Å². The molecule has 1 saturated heterocycles. The Balaban J connectivity index is 1.59. The van der Waals surface area contributed by atoms with E-state index in [0.29, 0.717) is 21.6 Å². The zero-order valence-electron chi connectivity index (χ0n) is 17.6. The summed E-state index contributed by atoms with van der Waals surface area (Å²) in [6.45, 7) is 3.58. The summed E-state index contributed by atoms with van der Waals surface area (Å²) in [7, 11) is 0. The van der Waals surface area contributed by atoms with Gasteiger partial charge in [0, 0.05) is 24.0 Å². The van der Waals surface area contributed by atoms with Gasteiger partial charge in [-0.1, -0.05) is 18.2 Å². The first-order chi connectivity index (χ1) is 15.5. The van der Waals surface area contributed by atoms with Gasteiger partial charge in [-0.3, -0.25) is 4.79 Å². The molecule has 8 heteroatoms. The van der Waals surface area contributed by atoms with Gasteiger partial charge in [0.1, 0.15) is 21.3 Å². The number of nitrogens with zero attached hydrogens (tertiary/aromatic N) is 3. The number of nitrogens with one attached hydrogen (secondary N) is 1. The van der Waals surface area contributed by atoms with E-state index < -0.39 is 5.97 Å². The zero-order valence-corrected chi connectivity index (χ0v) is 18.4. The van der Waals surface area contributed by atoms with Gasteiger partial charge in [0.25, 0.3) is 5.56 Å². The van der Waals surface area contributed by atoms with Gasteiger partial charge in [-0.05, 0) is 56.0 Å². The number of fused-ring (bicyclic) bond motifs is 2. The molecule has 2 N–H and O–H groups in total. The van der Waals surface area contributed by atoms with E-state index in [9.17, 15) is 14.7 Å². The van der Waals surface area contributed by atoms with E-state index >= 15 is 0 Å². The van der Waals surface area contributed by atoms with Crippen LogP contribution in [0.15, 0.2) is 35.1 Å². The minimum absolute atomic E-state index is 0.144. The first-order valence-electron chi connectivity index (χ1n) is 10.6. The SMILES string of the molecule is Cc1c(C(=O)O)sc2nc(/C=C/c3cc4ccccc4nc3N3CCCCC3)[nH]c(=O)c12. The number of thiophene rings is 1. The lowest BCUT2D eigenvalue weighted by molar-refractivity contribution is 0.0701. The predicted octanol–water partition coefficient (Wildman–Crippen LogP) is 4.70. The molecule has 0 atom stereocenters. The van der Waals surface area contributed by atoms with Crippen molar-refractivity contribution >= 4 is 56.4 Å². The van der Waals surface area contributed by atoms with Crippen molar-refractivity contribution in [3.05, 3.63) is 62.5 Å². The molecule has 0 spiro atoms. The molecule has 32 heavy (non-hydrogen) atoms. The third kappa shape index (κ3) is 3.67. The van der Waals surface area contributed by atoms with Crippen LogP contribution in [0.25, 0.3) is 33.3 Å². The number of hydrogen-bond donors (Lipinski definition) is 2. The number of carboxylic acid groups (broad SMARTS) is 1. The van der Waals surface area contributed by atoms with Gasteiger partial charge in [0.05, 0.1) is 10.9 Å². The van der Waals surface area contributed by atoms with Crippen molar-refractivity contribution < 1.29 is 9.90 Å². The first-order valence-corrected chi connectivity index (χ1v) is 11.4. The molecule has 7 nitrogen and oxygen atoms in total. The highest BCUT2D eigenvalue weighted by molar-refractivity contribution is 7.20. The lowest BCUT2D eigenvalue weighted by Crippen LogP contribution is -2.30. The Bertz CT molecular complexity index is 1430. The molecule has 0 aliphatic carbocycles. The molecule has 1 aliphatic rings. The summed E-state index contributed by atoms with van der Waals surface area (Å²) in [5.41, 5.74) is 2.03. The van der Waals surface area contributed by atoms with E-state index in [1.54, 1.807) is 13.0 Å². The third-order valence-corrected chi connectivity index (χ3v) is 7.00. The summed E-state index contributed by atoms with van der Waals surface area (Å²) in [4.78, 5) is 39.2. The fourth-order valence-electron chi connectivity index (χ4n) is 4.22. The molecule has 0 amide bonds. The fourth-order valence-corrected chi connectivity index (χ4v) is 5.24. The number of aromatic nitrogens is 3. The number of anilines is 1. The quantitative estimate of drug-likeness (QED) is 0.471. The number of carboxylic acids is 1. The molecule has 3 aromatic heterocycles. The number of rotatable bonds is 4. The Morgan fingerprint density at radius 1 is 1.16 bits per heavy atom. The van der Waals surface area contributed by atoms with Gasteiger partial charge in [0.2, 0.25) is 0 Å². The van der Waals surface area contributed by atoms with Crippen LogP contribution in [-0.4, -0.2) is 39.1 Å². The highest BCUT2D eigenvalue weighted by atomic mass is 32.1. The van der Waals surface area contributed by atoms with E-state index in [2.05, 4.69) is 20.9 Å². The Hall–Kier alpha value is -3.52. The Morgan fingerprint density at radius 2 is 1.94 bits per heavy atom. The summed E-state index contributed by atoms with van der Waals surface area (Å²) in [5.74, 6) is 0.275. The lowest BCUT2D eigenvalue weighted by atomic mass is 10.1. The highest BCUT2D eigenvalue weighted by Crippen LogP contribution is 2.29. The molecular formula is C24H22N4O3S. The number of hydrogen-bond acceptors (Lipinski definition) is 6. The number of aromatic amines is 1. The van der Waals surface area contributed by atoms with Crippen LogP contribution >= 0.6 is 11.3 Å². The molecule has 5 rings (SSSR count). The molecule has 1 aliphatic heterocycles. The predicted molar refractivity (Wildman–Crippen MR) is 129 cm³/mol. The summed E-state index contributed by atoms with van der Waals surface area (Å²) >= 11 is 1.02. The van der Waals surface area contributed by atoms with Gasteiger partial charge in [0.15, 0.2) is 0 Å². The van der Waals surface area contributed by atoms with E-state index in [1.165, 1.54) is 6.42 Å². The summed E-state index contributed by atoms with van der Waals surface area (Å²) in [6.07, 6.45) is 7.21. The van der Waals surface area contributed by atoms with E-state index in [4.69, 9.17) is 4.98 Å². The second-order valence-corrected chi connectivity index (χ2v) is 8.97. The highest BCUT2D eigenvalue weighted by Gasteiger charge is 2.19. The Kier molecular flexibility index (Phi) is 5.22. The standard InChI is InChI=1S/C24H22N4O3S/c1-14-19-22(29)26-18(27-23(19)32-20(14)24(30)31)10-9-16-13-15-7-3-4-8-17(15)25-21(16)28-11-5-2-6-12-28/h3-4,7-10,13H,2,5-6,11-12H2,1H3,(H,30,31)(H,26,27,29)/b10-9+. The molecule has 0 bridgehead atoms. The van der Waals surface area contributed by atoms with Gasteiger partial charge in [-0.2, -0.15) is 0 Å². The third-order valence-electron chi connectivity index (χ3n) is 5.82. The number of carbonyl (C=O) groups is 1. The van der Waals surface area contributed by atoms with Crippen LogP contribution in [-0.2, 0) is 0 Å². The molecule has 1 fully saturated rings. The molecule has 1 aromatic carbocycles. The molecule has 0 unspecified atom stereocenters. The topological polar surface area (TPSA) is 99.2 Å². The molecular weight excluding hydrogens is 424 g/mol. The lowest BCUT2D eigenvalue weighted by Gasteiger charge is -2.29. The van der Waals surface area contributed by atoms with Crippen LogP contribution < -0.4 is 10.5 Å². The van der Waals surface area contributed by atoms with Gasteiger partial charge in [-0.15, -0.1) is 11.3 Å². The van der Waals surface area contributed by atoms with Gasteiger partial charge < -0.3 is 15.0 Å². The summed E-state index contributed by atoms with van der Waals surface area (Å²) < 4.78 is 0. The van der Waals surface area contributed by atoms with Crippen LogP contribution in [0.1, 0.15) is 45.9 Å². The number of piperidine rings is 1. The molecule has 0 radical (unpaired) electrons. The number of benzene rings is 1. The number of H-pyrrole nitrogens is 1. The van der Waals surface area contributed by atoms with Crippen LogP contribution in [0.4, 0.5) is 5.82 Å². The molecule has 162 valence electrons. The average molecular weight is 447 g/mol. The van der Waals surface area contributed by atoms with Crippen LogP contribution in [0.5, 0.6) is 0 Å². The minimum atomic E-state index is -1.05. The number of para-hydroxylation sites is 1. The normalized spacial score (nSPS) is 14.6.